The van der Waals surface area contributed by atoms with Gasteiger partial charge in [-0.25, -0.2) is 8.78 Å². The molecule has 3 rings (SSSR count). The Morgan fingerprint density at radius 1 is 1.25 bits per heavy atom. The molecule has 7 nitrogen and oxygen atoms in total. The highest BCUT2D eigenvalue weighted by Gasteiger charge is 2.39. The van der Waals surface area contributed by atoms with Crippen molar-refractivity contribution in [2.24, 2.45) is 11.8 Å². The van der Waals surface area contributed by atoms with Crippen molar-refractivity contribution in [1.29, 1.82) is 0 Å². The van der Waals surface area contributed by atoms with E-state index in [1.165, 1.54) is 12.1 Å². The average Bonchev–Trinajstić information content (AvgIpc) is 3.42. The summed E-state index contributed by atoms with van der Waals surface area (Å²) in [6.45, 7) is 9.55. The van der Waals surface area contributed by atoms with Gasteiger partial charge in [-0.1, -0.05) is 20.8 Å². The molecule has 0 unspecified atom stereocenters. The van der Waals surface area contributed by atoms with Crippen LogP contribution >= 0.6 is 0 Å². The molecule has 36 heavy (non-hydrogen) atoms. The van der Waals surface area contributed by atoms with E-state index >= 15 is 0 Å². The van der Waals surface area contributed by atoms with E-state index in [1.807, 2.05) is 6.92 Å². The second-order valence-electron chi connectivity index (χ2n) is 10.7. The fourth-order valence-corrected chi connectivity index (χ4v) is 5.30. The van der Waals surface area contributed by atoms with Crippen LogP contribution in [0.2, 0.25) is 0 Å². The lowest BCUT2D eigenvalue weighted by atomic mass is 9.94. The van der Waals surface area contributed by atoms with Gasteiger partial charge in [-0.05, 0) is 62.6 Å². The molecule has 0 saturated carbocycles. The zero-order chi connectivity index (χ0) is 26.4. The van der Waals surface area contributed by atoms with Crippen LogP contribution in [-0.2, 0) is 20.7 Å². The monoisotopic (exact) mass is 509 g/mol. The molecule has 2 heterocycles. The molecule has 9 heteroatoms. The van der Waals surface area contributed by atoms with Gasteiger partial charge in [-0.3, -0.25) is 9.59 Å². The molecule has 2 amide bonds. The van der Waals surface area contributed by atoms with Crippen LogP contribution in [0.15, 0.2) is 18.2 Å². The van der Waals surface area contributed by atoms with Gasteiger partial charge in [0.2, 0.25) is 11.8 Å². The SMILES string of the molecule is CCCO[C@H]1CN[C@@H]([C@@H](O)[C@H](Cc2cc(F)cc(F)c2)NC(=O)[C@H](C)N2CC[C@H](CC(C)C)C2=O)C1. The number of halogens is 2. The largest absolute Gasteiger partial charge is 0.389 e. The number of carbonyl (C=O) groups is 2. The van der Waals surface area contributed by atoms with Crippen molar-refractivity contribution in [1.82, 2.24) is 15.5 Å². The third-order valence-electron chi connectivity index (χ3n) is 7.17. The molecule has 0 spiro atoms. The first kappa shape index (κ1) is 28.5. The van der Waals surface area contributed by atoms with Crippen LogP contribution in [-0.4, -0.2) is 71.9 Å². The Hall–Kier alpha value is -2.10. The standard InChI is InChI=1S/C27H41F2N3O4/c1-5-8-36-22-14-23(30-15-22)25(33)24(12-18-10-20(28)13-21(29)11-18)31-26(34)17(4)32-7-6-19(27(32)35)9-16(2)3/h10-11,13,16-17,19,22-25,30,33H,5-9,12,14-15H2,1-4H3,(H,31,34)/t17-,19+,22+,23+,24-,25+/m0/s1. The molecule has 2 aliphatic rings. The summed E-state index contributed by atoms with van der Waals surface area (Å²) in [5, 5.41) is 17.4. The van der Waals surface area contributed by atoms with E-state index in [9.17, 15) is 23.5 Å². The lowest BCUT2D eigenvalue weighted by Gasteiger charge is -2.31. The van der Waals surface area contributed by atoms with Gasteiger partial charge < -0.3 is 25.4 Å². The second kappa shape index (κ2) is 12.9. The molecule has 3 N–H and O–H groups in total. The number of benzene rings is 1. The highest BCUT2D eigenvalue weighted by molar-refractivity contribution is 5.89. The van der Waals surface area contributed by atoms with Gasteiger partial charge in [-0.2, -0.15) is 0 Å². The molecule has 0 aromatic heterocycles. The third kappa shape index (κ3) is 7.46. The molecule has 202 valence electrons. The normalized spacial score (nSPS) is 24.8. The van der Waals surface area contributed by atoms with Crippen molar-refractivity contribution in [3.8, 4) is 0 Å². The van der Waals surface area contributed by atoms with Crippen molar-refractivity contribution in [2.75, 3.05) is 19.7 Å². The molecule has 0 aliphatic carbocycles. The number of nitrogens with one attached hydrogen (secondary N) is 2. The van der Waals surface area contributed by atoms with E-state index in [1.54, 1.807) is 11.8 Å². The minimum Gasteiger partial charge on any atom is -0.389 e. The summed E-state index contributed by atoms with van der Waals surface area (Å²) in [5.41, 5.74) is 0.329. The minimum absolute atomic E-state index is 0.0241. The summed E-state index contributed by atoms with van der Waals surface area (Å²) in [5.74, 6) is -1.55. The Labute approximate surface area is 213 Å². The Morgan fingerprint density at radius 2 is 1.94 bits per heavy atom. The molecule has 0 bridgehead atoms. The first-order valence-electron chi connectivity index (χ1n) is 13.2. The number of aliphatic hydroxyl groups is 1. The summed E-state index contributed by atoms with van der Waals surface area (Å²) in [6.07, 6.45) is 1.91. The Balaban J connectivity index is 1.72. The average molecular weight is 510 g/mol. The fraction of sp³-hybridized carbons (Fsp3) is 0.704. The van der Waals surface area contributed by atoms with Crippen LogP contribution in [0.25, 0.3) is 0 Å². The van der Waals surface area contributed by atoms with Gasteiger partial charge in [0, 0.05) is 37.7 Å². The first-order chi connectivity index (χ1) is 17.1. The number of rotatable bonds is 12. The number of likely N-dealkylation sites (tertiary alicyclic amines) is 1. The van der Waals surface area contributed by atoms with Crippen LogP contribution in [0.4, 0.5) is 8.78 Å². The molecule has 1 aromatic carbocycles. The summed E-state index contributed by atoms with van der Waals surface area (Å²) < 4.78 is 33.5. The van der Waals surface area contributed by atoms with Gasteiger partial charge in [0.25, 0.3) is 0 Å². The Kier molecular flexibility index (Phi) is 10.2. The van der Waals surface area contributed by atoms with E-state index in [0.717, 1.165) is 18.9 Å². The van der Waals surface area contributed by atoms with Gasteiger partial charge in [0.05, 0.1) is 18.2 Å². The Morgan fingerprint density at radius 3 is 2.58 bits per heavy atom. The van der Waals surface area contributed by atoms with E-state index in [-0.39, 0.29) is 30.4 Å². The molecule has 2 aliphatic heterocycles. The van der Waals surface area contributed by atoms with Crippen molar-refractivity contribution in [3.63, 3.8) is 0 Å². The quantitative estimate of drug-likeness (QED) is 0.403. The molecule has 2 saturated heterocycles. The van der Waals surface area contributed by atoms with Crippen LogP contribution in [0.5, 0.6) is 0 Å². The molecular formula is C27H41F2N3O4. The molecule has 1 aromatic rings. The van der Waals surface area contributed by atoms with Crippen LogP contribution in [0.3, 0.4) is 0 Å². The summed E-state index contributed by atoms with van der Waals surface area (Å²) >= 11 is 0. The van der Waals surface area contributed by atoms with E-state index in [0.29, 0.717) is 44.0 Å². The number of hydrogen-bond acceptors (Lipinski definition) is 5. The van der Waals surface area contributed by atoms with Crippen molar-refractivity contribution in [2.45, 2.75) is 90.1 Å². The zero-order valence-corrected chi connectivity index (χ0v) is 21.8. The lowest BCUT2D eigenvalue weighted by molar-refractivity contribution is -0.139. The predicted molar refractivity (Wildman–Crippen MR) is 133 cm³/mol. The number of hydrogen-bond donors (Lipinski definition) is 3. The van der Waals surface area contributed by atoms with Crippen LogP contribution in [0, 0.1) is 23.5 Å². The number of aliphatic hydroxyl groups excluding tert-OH is 1. The van der Waals surface area contributed by atoms with Crippen molar-refractivity contribution >= 4 is 11.8 Å². The van der Waals surface area contributed by atoms with Crippen molar-refractivity contribution < 1.29 is 28.2 Å². The molecule has 0 radical (unpaired) electrons. The number of nitrogens with zero attached hydrogens (tertiary/aromatic N) is 1. The van der Waals surface area contributed by atoms with Crippen LogP contribution < -0.4 is 10.6 Å². The van der Waals surface area contributed by atoms with Gasteiger partial charge >= 0.3 is 0 Å². The van der Waals surface area contributed by atoms with E-state index in [4.69, 9.17) is 4.74 Å². The lowest BCUT2D eigenvalue weighted by Crippen LogP contribution is -2.56. The smallest absolute Gasteiger partial charge is 0.242 e. The van der Waals surface area contributed by atoms with Gasteiger partial charge in [0.15, 0.2) is 0 Å². The maximum Gasteiger partial charge on any atom is 0.242 e. The maximum atomic E-state index is 13.9. The fourth-order valence-electron chi connectivity index (χ4n) is 5.30. The summed E-state index contributed by atoms with van der Waals surface area (Å²) in [4.78, 5) is 27.7. The molecular weight excluding hydrogens is 468 g/mol. The van der Waals surface area contributed by atoms with Crippen molar-refractivity contribution in [3.05, 3.63) is 35.4 Å². The Bertz CT molecular complexity index is 880. The number of ether oxygens (including phenoxy) is 1. The first-order valence-corrected chi connectivity index (χ1v) is 13.2. The third-order valence-corrected chi connectivity index (χ3v) is 7.17. The van der Waals surface area contributed by atoms with Crippen LogP contribution in [0.1, 0.15) is 58.9 Å². The highest BCUT2D eigenvalue weighted by Crippen LogP contribution is 2.27. The summed E-state index contributed by atoms with van der Waals surface area (Å²) in [7, 11) is 0. The topological polar surface area (TPSA) is 90.9 Å². The maximum absolute atomic E-state index is 13.9. The van der Waals surface area contributed by atoms with Gasteiger partial charge in [0.1, 0.15) is 17.7 Å². The minimum atomic E-state index is -1.02. The van der Waals surface area contributed by atoms with E-state index in [2.05, 4.69) is 24.5 Å². The van der Waals surface area contributed by atoms with E-state index < -0.39 is 35.7 Å². The molecule has 6 atom stereocenters. The zero-order valence-electron chi connectivity index (χ0n) is 21.8. The number of amides is 2. The summed E-state index contributed by atoms with van der Waals surface area (Å²) in [6, 6.07) is 1.31. The molecule has 2 fully saturated rings. The predicted octanol–water partition coefficient (Wildman–Crippen LogP) is 2.79. The highest BCUT2D eigenvalue weighted by atomic mass is 19.1. The number of carbonyl (C=O) groups excluding carboxylic acids is 2. The second-order valence-corrected chi connectivity index (χ2v) is 10.7. The van der Waals surface area contributed by atoms with Gasteiger partial charge in [-0.15, -0.1) is 0 Å².